The van der Waals surface area contributed by atoms with E-state index in [1.165, 1.54) is 12.0 Å². The number of hydrogen-bond donors (Lipinski definition) is 1. The number of carbonyl (C=O) groups excluding carboxylic acids is 2. The molecule has 1 amide bonds. The van der Waals surface area contributed by atoms with Crippen LogP contribution in [0.15, 0.2) is 78.4 Å². The predicted molar refractivity (Wildman–Crippen MR) is 141 cm³/mol. The highest BCUT2D eigenvalue weighted by molar-refractivity contribution is 6.51. The number of anilines is 2. The molecule has 1 fully saturated rings. The number of para-hydroxylation sites is 1. The summed E-state index contributed by atoms with van der Waals surface area (Å²) >= 11 is 0. The van der Waals surface area contributed by atoms with Crippen molar-refractivity contribution in [2.75, 3.05) is 37.1 Å². The summed E-state index contributed by atoms with van der Waals surface area (Å²) in [7, 11) is 3.05. The summed E-state index contributed by atoms with van der Waals surface area (Å²) in [6, 6.07) is 20.7. The first-order chi connectivity index (χ1) is 17.4. The molecule has 1 atom stereocenters. The molecule has 4 rings (SSSR count). The van der Waals surface area contributed by atoms with Crippen LogP contribution in [0.5, 0.6) is 11.5 Å². The molecular weight excluding hydrogens is 456 g/mol. The summed E-state index contributed by atoms with van der Waals surface area (Å²) in [5.74, 6) is -0.716. The summed E-state index contributed by atoms with van der Waals surface area (Å²) in [4.78, 5) is 30.4. The van der Waals surface area contributed by atoms with Crippen LogP contribution in [0.25, 0.3) is 5.76 Å². The van der Waals surface area contributed by atoms with Gasteiger partial charge < -0.3 is 19.5 Å². The molecule has 0 spiro atoms. The quantitative estimate of drug-likeness (QED) is 0.269. The Morgan fingerprint density at radius 3 is 2.11 bits per heavy atom. The Balaban J connectivity index is 1.91. The zero-order valence-electron chi connectivity index (χ0n) is 20.9. The van der Waals surface area contributed by atoms with Gasteiger partial charge in [0, 0.05) is 24.5 Å². The molecule has 3 aromatic rings. The second-order valence-corrected chi connectivity index (χ2v) is 8.33. The number of amides is 1. The van der Waals surface area contributed by atoms with E-state index in [0.717, 1.165) is 18.8 Å². The van der Waals surface area contributed by atoms with Gasteiger partial charge in [0.15, 0.2) is 0 Å². The molecule has 186 valence electrons. The van der Waals surface area contributed by atoms with Crippen LogP contribution in [0.3, 0.4) is 0 Å². The number of rotatable bonds is 8. The fraction of sp³-hybridized carbons (Fsp3) is 0.241. The Morgan fingerprint density at radius 1 is 0.889 bits per heavy atom. The zero-order valence-corrected chi connectivity index (χ0v) is 20.9. The molecular formula is C29H30N2O5. The van der Waals surface area contributed by atoms with Crippen molar-refractivity contribution >= 4 is 28.8 Å². The van der Waals surface area contributed by atoms with Gasteiger partial charge in [-0.25, -0.2) is 0 Å². The fourth-order valence-corrected chi connectivity index (χ4v) is 4.60. The van der Waals surface area contributed by atoms with Gasteiger partial charge >= 0.3 is 0 Å². The third-order valence-corrected chi connectivity index (χ3v) is 6.49. The second kappa shape index (κ2) is 10.6. The van der Waals surface area contributed by atoms with Crippen molar-refractivity contribution in [1.82, 2.24) is 0 Å². The van der Waals surface area contributed by atoms with E-state index in [2.05, 4.69) is 18.7 Å². The molecule has 0 aliphatic carbocycles. The van der Waals surface area contributed by atoms with Crippen molar-refractivity contribution < 1.29 is 24.2 Å². The van der Waals surface area contributed by atoms with E-state index in [0.29, 0.717) is 28.3 Å². The largest absolute Gasteiger partial charge is 0.507 e. The molecule has 1 saturated heterocycles. The molecule has 1 N–H and O–H groups in total. The van der Waals surface area contributed by atoms with Crippen LogP contribution in [0.4, 0.5) is 11.4 Å². The first-order valence-electron chi connectivity index (χ1n) is 11.9. The van der Waals surface area contributed by atoms with Gasteiger partial charge in [-0.2, -0.15) is 0 Å². The Bertz CT molecular complexity index is 1280. The van der Waals surface area contributed by atoms with E-state index in [1.54, 1.807) is 55.6 Å². The maximum Gasteiger partial charge on any atom is 0.300 e. The first kappa shape index (κ1) is 24.9. The average molecular weight is 487 g/mol. The van der Waals surface area contributed by atoms with Crippen molar-refractivity contribution in [3.8, 4) is 11.5 Å². The van der Waals surface area contributed by atoms with Crippen LogP contribution in [0.1, 0.15) is 31.0 Å². The topological polar surface area (TPSA) is 79.3 Å². The van der Waals surface area contributed by atoms with Crippen LogP contribution >= 0.6 is 0 Å². The predicted octanol–water partition coefficient (Wildman–Crippen LogP) is 5.18. The van der Waals surface area contributed by atoms with Gasteiger partial charge in [0.2, 0.25) is 0 Å². The van der Waals surface area contributed by atoms with Gasteiger partial charge in [-0.1, -0.05) is 24.3 Å². The number of ketones is 1. The number of aliphatic hydroxyl groups is 1. The molecule has 1 unspecified atom stereocenters. The van der Waals surface area contributed by atoms with Gasteiger partial charge in [0.25, 0.3) is 11.7 Å². The molecule has 3 aromatic carbocycles. The van der Waals surface area contributed by atoms with Crippen LogP contribution in [0.2, 0.25) is 0 Å². The fourth-order valence-electron chi connectivity index (χ4n) is 4.60. The number of methoxy groups -OCH3 is 2. The summed E-state index contributed by atoms with van der Waals surface area (Å²) in [5, 5.41) is 11.4. The van der Waals surface area contributed by atoms with Gasteiger partial charge in [-0.15, -0.1) is 0 Å². The Labute approximate surface area is 211 Å². The average Bonchev–Trinajstić information content (AvgIpc) is 3.19. The molecule has 1 heterocycles. The molecule has 7 nitrogen and oxygen atoms in total. The molecule has 7 heteroatoms. The van der Waals surface area contributed by atoms with E-state index in [4.69, 9.17) is 9.47 Å². The molecule has 0 bridgehead atoms. The van der Waals surface area contributed by atoms with Crippen molar-refractivity contribution in [2.24, 2.45) is 0 Å². The monoisotopic (exact) mass is 486 g/mol. The molecule has 0 aromatic heterocycles. The molecule has 0 radical (unpaired) electrons. The lowest BCUT2D eigenvalue weighted by Crippen LogP contribution is -2.29. The lowest BCUT2D eigenvalue weighted by atomic mass is 9.94. The summed E-state index contributed by atoms with van der Waals surface area (Å²) in [5.41, 5.74) is 2.62. The lowest BCUT2D eigenvalue weighted by molar-refractivity contribution is -0.132. The maximum atomic E-state index is 13.4. The Morgan fingerprint density at radius 2 is 1.53 bits per heavy atom. The minimum absolute atomic E-state index is 0.0101. The van der Waals surface area contributed by atoms with Crippen LogP contribution in [-0.2, 0) is 9.59 Å². The van der Waals surface area contributed by atoms with Crippen LogP contribution in [0, 0.1) is 0 Å². The zero-order chi connectivity index (χ0) is 25.8. The molecule has 1 aliphatic heterocycles. The number of ether oxygens (including phenoxy) is 2. The summed E-state index contributed by atoms with van der Waals surface area (Å²) in [6.45, 7) is 5.88. The Hall–Kier alpha value is -4.26. The van der Waals surface area contributed by atoms with E-state index >= 15 is 0 Å². The van der Waals surface area contributed by atoms with E-state index < -0.39 is 17.7 Å². The minimum atomic E-state index is -0.825. The van der Waals surface area contributed by atoms with Crippen LogP contribution in [-0.4, -0.2) is 44.1 Å². The van der Waals surface area contributed by atoms with Crippen molar-refractivity contribution in [2.45, 2.75) is 19.9 Å². The first-order valence-corrected chi connectivity index (χ1v) is 11.9. The second-order valence-electron chi connectivity index (χ2n) is 8.33. The standard InChI is InChI=1S/C29H30N2O5/c1-5-30(6-2)20-13-11-19(12-14-20)26-25(27(32)23-9-7-8-10-24(23)36-4)28(33)29(34)31(26)21-15-17-22(35-3)18-16-21/h7-18,26,32H,5-6H2,1-4H3/b27-25-. The number of aliphatic hydroxyl groups excluding tert-OH is 1. The van der Waals surface area contributed by atoms with E-state index in [-0.39, 0.29) is 11.3 Å². The normalized spacial score (nSPS) is 16.8. The summed E-state index contributed by atoms with van der Waals surface area (Å²) < 4.78 is 10.7. The number of Topliss-reactive ketones (excluding diaryl/α,β-unsaturated/α-hetero) is 1. The highest BCUT2D eigenvalue weighted by Gasteiger charge is 2.47. The molecule has 36 heavy (non-hydrogen) atoms. The number of benzene rings is 3. The maximum absolute atomic E-state index is 13.4. The highest BCUT2D eigenvalue weighted by Crippen LogP contribution is 2.43. The highest BCUT2D eigenvalue weighted by atomic mass is 16.5. The van der Waals surface area contributed by atoms with Crippen molar-refractivity contribution in [1.29, 1.82) is 0 Å². The van der Waals surface area contributed by atoms with Crippen molar-refractivity contribution in [3.63, 3.8) is 0 Å². The van der Waals surface area contributed by atoms with Crippen LogP contribution < -0.4 is 19.3 Å². The third-order valence-electron chi connectivity index (χ3n) is 6.49. The minimum Gasteiger partial charge on any atom is -0.507 e. The van der Waals surface area contributed by atoms with Gasteiger partial charge in [0.1, 0.15) is 17.3 Å². The van der Waals surface area contributed by atoms with Gasteiger partial charge in [-0.3, -0.25) is 14.5 Å². The van der Waals surface area contributed by atoms with E-state index in [1.807, 2.05) is 24.3 Å². The van der Waals surface area contributed by atoms with E-state index in [9.17, 15) is 14.7 Å². The van der Waals surface area contributed by atoms with Gasteiger partial charge in [-0.05, 0) is 67.9 Å². The third kappa shape index (κ3) is 4.40. The van der Waals surface area contributed by atoms with Gasteiger partial charge in [0.05, 0.1) is 31.4 Å². The lowest BCUT2D eigenvalue weighted by Gasteiger charge is -2.27. The number of hydrogen-bond acceptors (Lipinski definition) is 6. The Kier molecular flexibility index (Phi) is 7.29. The SMILES string of the molecule is CCN(CC)c1ccc(C2/C(=C(/O)c3ccccc3OC)C(=O)C(=O)N2c2ccc(OC)cc2)cc1. The smallest absolute Gasteiger partial charge is 0.300 e. The van der Waals surface area contributed by atoms with Crippen molar-refractivity contribution in [3.05, 3.63) is 89.5 Å². The summed E-state index contributed by atoms with van der Waals surface area (Å²) in [6.07, 6.45) is 0. The molecule has 0 saturated carbocycles. The number of carbonyl (C=O) groups is 2. The molecule has 1 aliphatic rings. The number of nitrogens with zero attached hydrogens (tertiary/aromatic N) is 2.